The fourth-order valence-electron chi connectivity index (χ4n) is 1.90. The average Bonchev–Trinajstić information content (AvgIpc) is 2.44. The summed E-state index contributed by atoms with van der Waals surface area (Å²) in [4.78, 5) is 13.9. The molecule has 0 heterocycles. The molecule has 0 fully saturated rings. The number of nitrogens with zero attached hydrogens (tertiary/aromatic N) is 1. The molecule has 1 amide bonds. The first kappa shape index (κ1) is 16.5. The number of carbonyl (C=O) groups is 1. The number of amides is 1. The number of rotatable bonds is 9. The minimum atomic E-state index is -0.00325. The molecule has 1 aromatic carbocycles. The van der Waals surface area contributed by atoms with Crippen LogP contribution in [0.4, 0.5) is 5.69 Å². The van der Waals surface area contributed by atoms with Crippen LogP contribution in [0.3, 0.4) is 0 Å². The van der Waals surface area contributed by atoms with E-state index < -0.39 is 0 Å². The summed E-state index contributed by atoms with van der Waals surface area (Å²) in [5, 5.41) is 2.87. The van der Waals surface area contributed by atoms with Crippen molar-refractivity contribution < 1.29 is 9.53 Å². The van der Waals surface area contributed by atoms with Crippen molar-refractivity contribution >= 4 is 11.6 Å². The highest BCUT2D eigenvalue weighted by Crippen LogP contribution is 2.14. The normalized spacial score (nSPS) is 10.6. The second-order valence-corrected chi connectivity index (χ2v) is 4.86. The van der Waals surface area contributed by atoms with Crippen molar-refractivity contribution in [2.24, 2.45) is 5.73 Å². The first-order chi connectivity index (χ1) is 9.65. The van der Waals surface area contributed by atoms with Crippen LogP contribution in [-0.4, -0.2) is 44.6 Å². The van der Waals surface area contributed by atoms with Gasteiger partial charge in [-0.3, -0.25) is 9.69 Å². The Kier molecular flexibility index (Phi) is 7.69. The summed E-state index contributed by atoms with van der Waals surface area (Å²) in [7, 11) is 3.57. The van der Waals surface area contributed by atoms with Crippen LogP contribution in [0.5, 0.6) is 5.75 Å². The van der Waals surface area contributed by atoms with E-state index >= 15 is 0 Å². The van der Waals surface area contributed by atoms with Crippen molar-refractivity contribution in [2.75, 3.05) is 39.1 Å². The third-order valence-corrected chi connectivity index (χ3v) is 3.03. The van der Waals surface area contributed by atoms with Crippen molar-refractivity contribution in [3.05, 3.63) is 24.3 Å². The lowest BCUT2D eigenvalue weighted by Gasteiger charge is -2.16. The van der Waals surface area contributed by atoms with Crippen LogP contribution in [0.1, 0.15) is 19.3 Å². The second kappa shape index (κ2) is 9.34. The van der Waals surface area contributed by atoms with E-state index in [0.717, 1.165) is 43.8 Å². The maximum atomic E-state index is 11.9. The van der Waals surface area contributed by atoms with Gasteiger partial charge in [0.2, 0.25) is 5.91 Å². The zero-order valence-corrected chi connectivity index (χ0v) is 12.4. The smallest absolute Gasteiger partial charge is 0.238 e. The largest absolute Gasteiger partial charge is 0.497 e. The van der Waals surface area contributed by atoms with Gasteiger partial charge in [0.1, 0.15) is 5.75 Å². The Bertz CT molecular complexity index is 393. The number of ether oxygens (including phenoxy) is 1. The number of carbonyl (C=O) groups excluding carboxylic acids is 1. The van der Waals surface area contributed by atoms with Gasteiger partial charge in [-0.2, -0.15) is 0 Å². The Morgan fingerprint density at radius 1 is 1.25 bits per heavy atom. The zero-order chi connectivity index (χ0) is 14.8. The van der Waals surface area contributed by atoms with Crippen molar-refractivity contribution in [3.8, 4) is 5.75 Å². The highest BCUT2D eigenvalue weighted by atomic mass is 16.5. The van der Waals surface area contributed by atoms with Crippen LogP contribution in [0.2, 0.25) is 0 Å². The van der Waals surface area contributed by atoms with Gasteiger partial charge < -0.3 is 15.8 Å². The molecule has 0 aliphatic carbocycles. The van der Waals surface area contributed by atoms with Gasteiger partial charge in [0.05, 0.1) is 13.7 Å². The van der Waals surface area contributed by atoms with Gasteiger partial charge >= 0.3 is 0 Å². The van der Waals surface area contributed by atoms with Gasteiger partial charge in [0.25, 0.3) is 0 Å². The van der Waals surface area contributed by atoms with Gasteiger partial charge in [-0.1, -0.05) is 6.42 Å². The molecule has 0 aromatic heterocycles. The molecule has 0 aliphatic heterocycles. The lowest BCUT2D eigenvalue weighted by atomic mass is 10.2. The molecule has 0 atom stereocenters. The molecule has 0 saturated heterocycles. The van der Waals surface area contributed by atoms with E-state index in [1.165, 1.54) is 0 Å². The molecule has 0 saturated carbocycles. The maximum Gasteiger partial charge on any atom is 0.238 e. The van der Waals surface area contributed by atoms with Gasteiger partial charge in [0, 0.05) is 5.69 Å². The van der Waals surface area contributed by atoms with E-state index in [0.29, 0.717) is 6.54 Å². The molecule has 112 valence electrons. The van der Waals surface area contributed by atoms with Crippen molar-refractivity contribution in [2.45, 2.75) is 19.3 Å². The number of benzene rings is 1. The third kappa shape index (κ3) is 6.54. The first-order valence-corrected chi connectivity index (χ1v) is 6.98. The van der Waals surface area contributed by atoms with Gasteiger partial charge in [-0.05, 0) is 57.2 Å². The van der Waals surface area contributed by atoms with Crippen LogP contribution >= 0.6 is 0 Å². The van der Waals surface area contributed by atoms with Crippen molar-refractivity contribution in [3.63, 3.8) is 0 Å². The standard InChI is InChI=1S/C15H25N3O2/c1-18(11-5-3-4-10-16)12-15(19)17-13-6-8-14(20-2)9-7-13/h6-9H,3-5,10-12,16H2,1-2H3,(H,17,19). The number of likely N-dealkylation sites (N-methyl/N-ethyl adjacent to an activating group) is 1. The predicted molar refractivity (Wildman–Crippen MR) is 82.0 cm³/mol. The zero-order valence-electron chi connectivity index (χ0n) is 12.4. The second-order valence-electron chi connectivity index (χ2n) is 4.86. The van der Waals surface area contributed by atoms with Crippen LogP contribution in [-0.2, 0) is 4.79 Å². The van der Waals surface area contributed by atoms with E-state index in [-0.39, 0.29) is 5.91 Å². The van der Waals surface area contributed by atoms with Crippen LogP contribution in [0.15, 0.2) is 24.3 Å². The highest BCUT2D eigenvalue weighted by molar-refractivity contribution is 5.92. The minimum absolute atomic E-state index is 0.00325. The molecule has 0 radical (unpaired) electrons. The summed E-state index contributed by atoms with van der Waals surface area (Å²) in [6, 6.07) is 7.31. The number of unbranched alkanes of at least 4 members (excludes halogenated alkanes) is 2. The van der Waals surface area contributed by atoms with Gasteiger partial charge in [-0.15, -0.1) is 0 Å². The molecule has 0 unspecified atom stereocenters. The summed E-state index contributed by atoms with van der Waals surface area (Å²) in [6.45, 7) is 2.05. The average molecular weight is 279 g/mol. The summed E-state index contributed by atoms with van der Waals surface area (Å²) < 4.78 is 5.07. The predicted octanol–water partition coefficient (Wildman–Crippen LogP) is 1.69. The molecule has 0 aliphatic rings. The van der Waals surface area contributed by atoms with Gasteiger partial charge in [0.15, 0.2) is 0 Å². The minimum Gasteiger partial charge on any atom is -0.497 e. The highest BCUT2D eigenvalue weighted by Gasteiger charge is 2.06. The quantitative estimate of drug-likeness (QED) is 0.675. The Morgan fingerprint density at radius 2 is 1.95 bits per heavy atom. The topological polar surface area (TPSA) is 67.6 Å². The van der Waals surface area contributed by atoms with Crippen molar-refractivity contribution in [1.82, 2.24) is 4.90 Å². The SMILES string of the molecule is COc1ccc(NC(=O)CN(C)CCCCCN)cc1. The molecule has 1 rings (SSSR count). The fraction of sp³-hybridized carbons (Fsp3) is 0.533. The van der Waals surface area contributed by atoms with E-state index in [1.54, 1.807) is 7.11 Å². The van der Waals surface area contributed by atoms with E-state index in [2.05, 4.69) is 5.32 Å². The lowest BCUT2D eigenvalue weighted by molar-refractivity contribution is -0.117. The van der Waals surface area contributed by atoms with Gasteiger partial charge in [-0.25, -0.2) is 0 Å². The number of hydrogen-bond acceptors (Lipinski definition) is 4. The molecule has 5 heteroatoms. The van der Waals surface area contributed by atoms with Crippen LogP contribution in [0.25, 0.3) is 0 Å². The number of anilines is 1. The van der Waals surface area contributed by atoms with Crippen molar-refractivity contribution in [1.29, 1.82) is 0 Å². The molecule has 1 aromatic rings. The molecular weight excluding hydrogens is 254 g/mol. The van der Waals surface area contributed by atoms with E-state index in [4.69, 9.17) is 10.5 Å². The number of methoxy groups -OCH3 is 1. The van der Waals surface area contributed by atoms with Crippen LogP contribution in [0, 0.1) is 0 Å². The molecule has 0 spiro atoms. The molecule has 5 nitrogen and oxygen atoms in total. The Labute approximate surface area is 121 Å². The third-order valence-electron chi connectivity index (χ3n) is 3.03. The monoisotopic (exact) mass is 279 g/mol. The fourth-order valence-corrected chi connectivity index (χ4v) is 1.90. The molecule has 3 N–H and O–H groups in total. The van der Waals surface area contributed by atoms with E-state index in [1.807, 2.05) is 36.2 Å². The summed E-state index contributed by atoms with van der Waals surface area (Å²) in [5.74, 6) is 0.775. The summed E-state index contributed by atoms with van der Waals surface area (Å²) >= 11 is 0. The van der Waals surface area contributed by atoms with E-state index in [9.17, 15) is 4.79 Å². The Balaban J connectivity index is 2.27. The lowest BCUT2D eigenvalue weighted by Crippen LogP contribution is -2.30. The molecule has 0 bridgehead atoms. The Morgan fingerprint density at radius 3 is 2.55 bits per heavy atom. The maximum absolute atomic E-state index is 11.9. The first-order valence-electron chi connectivity index (χ1n) is 6.98. The van der Waals surface area contributed by atoms with Crippen LogP contribution < -0.4 is 15.8 Å². The molecule has 20 heavy (non-hydrogen) atoms. The Hall–Kier alpha value is -1.59. The summed E-state index contributed by atoms with van der Waals surface area (Å²) in [5.41, 5.74) is 6.23. The number of nitrogens with one attached hydrogen (secondary N) is 1. The summed E-state index contributed by atoms with van der Waals surface area (Å²) in [6.07, 6.45) is 3.23. The number of nitrogens with two attached hydrogens (primary N) is 1. The molecular formula is C15H25N3O2. The number of hydrogen-bond donors (Lipinski definition) is 2.